The van der Waals surface area contributed by atoms with Crippen LogP contribution in [-0.2, 0) is 11.8 Å². The van der Waals surface area contributed by atoms with Crippen molar-refractivity contribution >= 4 is 10.9 Å². The topological polar surface area (TPSA) is 30.3 Å². The summed E-state index contributed by atoms with van der Waals surface area (Å²) in [7, 11) is 1.97. The van der Waals surface area contributed by atoms with Gasteiger partial charge in [-0.3, -0.25) is 9.58 Å². The second-order valence-corrected chi connectivity index (χ2v) is 5.53. The molecule has 4 nitrogen and oxygen atoms in total. The third-order valence-corrected chi connectivity index (χ3v) is 3.97. The van der Waals surface area contributed by atoms with Gasteiger partial charge in [0.1, 0.15) is 0 Å². The molecule has 1 aromatic heterocycles. The van der Waals surface area contributed by atoms with Crippen LogP contribution >= 0.6 is 0 Å². The van der Waals surface area contributed by atoms with Crippen molar-refractivity contribution in [2.45, 2.75) is 26.0 Å². The molecule has 0 spiro atoms. The van der Waals surface area contributed by atoms with E-state index in [1.807, 2.05) is 17.9 Å². The Kier molecular flexibility index (Phi) is 3.29. The molecule has 19 heavy (non-hydrogen) atoms. The average molecular weight is 259 g/mol. The van der Waals surface area contributed by atoms with Gasteiger partial charge in [0.2, 0.25) is 0 Å². The molecule has 3 rings (SSSR count). The summed E-state index contributed by atoms with van der Waals surface area (Å²) in [6.45, 7) is 7.31. The highest BCUT2D eigenvalue weighted by Crippen LogP contribution is 2.26. The van der Waals surface area contributed by atoms with Crippen LogP contribution in [0.4, 0.5) is 0 Å². The lowest BCUT2D eigenvalue weighted by Crippen LogP contribution is -2.42. The van der Waals surface area contributed by atoms with Crippen LogP contribution in [0, 0.1) is 0 Å². The van der Waals surface area contributed by atoms with Crippen LogP contribution in [0.3, 0.4) is 0 Å². The van der Waals surface area contributed by atoms with Crippen molar-refractivity contribution in [2.24, 2.45) is 7.05 Å². The van der Waals surface area contributed by atoms with E-state index < -0.39 is 0 Å². The zero-order valence-corrected chi connectivity index (χ0v) is 11.8. The van der Waals surface area contributed by atoms with E-state index in [2.05, 4.69) is 42.0 Å². The summed E-state index contributed by atoms with van der Waals surface area (Å²) < 4.78 is 7.84. The van der Waals surface area contributed by atoms with Crippen LogP contribution in [0.5, 0.6) is 0 Å². The van der Waals surface area contributed by atoms with Gasteiger partial charge in [0, 0.05) is 31.6 Å². The highest BCUT2D eigenvalue weighted by molar-refractivity contribution is 5.79. The van der Waals surface area contributed by atoms with Gasteiger partial charge in [0.05, 0.1) is 24.4 Å². The van der Waals surface area contributed by atoms with E-state index in [-0.39, 0.29) is 6.10 Å². The number of ether oxygens (including phenoxy) is 1. The molecule has 2 heterocycles. The summed E-state index contributed by atoms with van der Waals surface area (Å²) in [5.41, 5.74) is 2.42. The van der Waals surface area contributed by atoms with Crippen molar-refractivity contribution < 1.29 is 4.74 Å². The predicted octanol–water partition coefficient (Wildman–Crippen LogP) is 2.36. The number of nitrogens with zero attached hydrogens (tertiary/aromatic N) is 3. The summed E-state index contributed by atoms with van der Waals surface area (Å²) in [4.78, 5) is 2.47. The quantitative estimate of drug-likeness (QED) is 0.829. The fraction of sp³-hybridized carbons (Fsp3) is 0.533. The fourth-order valence-corrected chi connectivity index (χ4v) is 2.72. The number of aromatic nitrogens is 2. The van der Waals surface area contributed by atoms with Crippen molar-refractivity contribution in [3.8, 4) is 0 Å². The van der Waals surface area contributed by atoms with E-state index in [0.717, 1.165) is 19.7 Å². The van der Waals surface area contributed by atoms with Gasteiger partial charge in [-0.25, -0.2) is 0 Å². The molecule has 102 valence electrons. The first-order valence-electron chi connectivity index (χ1n) is 6.92. The number of hydrogen-bond donors (Lipinski definition) is 0. The molecule has 1 aliphatic rings. The van der Waals surface area contributed by atoms with Crippen LogP contribution in [-0.4, -0.2) is 40.4 Å². The minimum atomic E-state index is 0.181. The van der Waals surface area contributed by atoms with E-state index in [4.69, 9.17) is 4.74 Å². The molecule has 0 radical (unpaired) electrons. The predicted molar refractivity (Wildman–Crippen MR) is 76.1 cm³/mol. The molecule has 1 atom stereocenters. The molecule has 0 saturated carbocycles. The molecule has 0 bridgehead atoms. The lowest BCUT2D eigenvalue weighted by atomic mass is 10.1. The normalized spacial score (nSPS) is 21.4. The Morgan fingerprint density at radius 3 is 3.00 bits per heavy atom. The van der Waals surface area contributed by atoms with E-state index >= 15 is 0 Å². The van der Waals surface area contributed by atoms with Gasteiger partial charge in [0.25, 0.3) is 0 Å². The maximum absolute atomic E-state index is 5.93. The summed E-state index contributed by atoms with van der Waals surface area (Å²) in [5, 5.41) is 5.48. The van der Waals surface area contributed by atoms with Gasteiger partial charge >= 0.3 is 0 Å². The maximum Gasteiger partial charge on any atom is 0.0952 e. The molecule has 0 amide bonds. The third-order valence-electron chi connectivity index (χ3n) is 3.97. The van der Waals surface area contributed by atoms with Gasteiger partial charge in [-0.1, -0.05) is 6.07 Å². The molecule has 1 aliphatic heterocycles. The lowest BCUT2D eigenvalue weighted by molar-refractivity contribution is -0.0401. The Bertz CT molecular complexity index is 576. The van der Waals surface area contributed by atoms with Crippen LogP contribution < -0.4 is 0 Å². The average Bonchev–Trinajstić information content (AvgIpc) is 2.80. The van der Waals surface area contributed by atoms with E-state index in [1.165, 1.54) is 16.5 Å². The first kappa shape index (κ1) is 12.6. The fourth-order valence-electron chi connectivity index (χ4n) is 2.72. The standard InChI is InChI=1S/C15H21N3O/c1-11(2)18-6-7-19-15(10-18)12-4-5-14-13(8-12)9-16-17(14)3/h4-5,8-9,11,15H,6-7,10H2,1-3H3/t15-/m1/s1. The zero-order chi connectivity index (χ0) is 13.4. The Morgan fingerprint density at radius 2 is 2.21 bits per heavy atom. The lowest BCUT2D eigenvalue weighted by Gasteiger charge is -2.35. The van der Waals surface area contributed by atoms with Crippen LogP contribution in [0.25, 0.3) is 10.9 Å². The van der Waals surface area contributed by atoms with Gasteiger partial charge in [-0.05, 0) is 31.5 Å². The number of rotatable bonds is 2. The highest BCUT2D eigenvalue weighted by Gasteiger charge is 2.23. The van der Waals surface area contributed by atoms with Gasteiger partial charge < -0.3 is 4.74 Å². The molecular formula is C15H21N3O. The molecule has 1 fully saturated rings. The molecular weight excluding hydrogens is 238 g/mol. The molecule has 0 unspecified atom stereocenters. The monoisotopic (exact) mass is 259 g/mol. The van der Waals surface area contributed by atoms with Crippen molar-refractivity contribution in [1.82, 2.24) is 14.7 Å². The summed E-state index contributed by atoms with van der Waals surface area (Å²) >= 11 is 0. The van der Waals surface area contributed by atoms with Gasteiger partial charge in [-0.15, -0.1) is 0 Å². The summed E-state index contributed by atoms with van der Waals surface area (Å²) in [6.07, 6.45) is 2.10. The number of morpholine rings is 1. The van der Waals surface area contributed by atoms with E-state index in [0.29, 0.717) is 6.04 Å². The summed E-state index contributed by atoms with van der Waals surface area (Å²) in [6, 6.07) is 7.08. The minimum Gasteiger partial charge on any atom is -0.371 e. The van der Waals surface area contributed by atoms with Crippen molar-refractivity contribution in [2.75, 3.05) is 19.7 Å². The molecule has 2 aromatic rings. The van der Waals surface area contributed by atoms with Crippen LogP contribution in [0.15, 0.2) is 24.4 Å². The van der Waals surface area contributed by atoms with Crippen LogP contribution in [0.2, 0.25) is 0 Å². The third kappa shape index (κ3) is 2.38. The minimum absolute atomic E-state index is 0.181. The molecule has 4 heteroatoms. The smallest absolute Gasteiger partial charge is 0.0952 e. The number of hydrogen-bond acceptors (Lipinski definition) is 3. The molecule has 0 aliphatic carbocycles. The highest BCUT2D eigenvalue weighted by atomic mass is 16.5. The largest absolute Gasteiger partial charge is 0.371 e. The molecule has 1 aromatic carbocycles. The van der Waals surface area contributed by atoms with Crippen molar-refractivity contribution in [1.29, 1.82) is 0 Å². The SMILES string of the molecule is CC(C)N1CCO[C@@H](c2ccc3c(cnn3C)c2)C1. The van der Waals surface area contributed by atoms with Crippen molar-refractivity contribution in [3.05, 3.63) is 30.0 Å². The zero-order valence-electron chi connectivity index (χ0n) is 11.8. The second kappa shape index (κ2) is 4.94. The number of benzene rings is 1. The first-order chi connectivity index (χ1) is 9.15. The van der Waals surface area contributed by atoms with Crippen LogP contribution in [0.1, 0.15) is 25.5 Å². The Hall–Kier alpha value is -1.39. The molecule has 1 saturated heterocycles. The number of aryl methyl sites for hydroxylation is 1. The van der Waals surface area contributed by atoms with Gasteiger partial charge in [-0.2, -0.15) is 5.10 Å². The summed E-state index contributed by atoms with van der Waals surface area (Å²) in [5.74, 6) is 0. The Labute approximate surface area is 114 Å². The second-order valence-electron chi connectivity index (χ2n) is 5.53. The van der Waals surface area contributed by atoms with E-state index in [9.17, 15) is 0 Å². The Morgan fingerprint density at radius 1 is 1.37 bits per heavy atom. The number of fused-ring (bicyclic) bond motifs is 1. The van der Waals surface area contributed by atoms with Crippen molar-refractivity contribution in [3.63, 3.8) is 0 Å². The maximum atomic E-state index is 5.93. The van der Waals surface area contributed by atoms with Gasteiger partial charge in [0.15, 0.2) is 0 Å². The Balaban J connectivity index is 1.87. The first-order valence-corrected chi connectivity index (χ1v) is 6.92. The molecule has 0 N–H and O–H groups in total. The van der Waals surface area contributed by atoms with E-state index in [1.54, 1.807) is 0 Å².